The fourth-order valence-corrected chi connectivity index (χ4v) is 2.50. The highest BCUT2D eigenvalue weighted by Crippen LogP contribution is 2.21. The van der Waals surface area contributed by atoms with Crippen LogP contribution in [0.25, 0.3) is 22.3 Å². The molecule has 2 aromatic carbocycles. The highest BCUT2D eigenvalue weighted by molar-refractivity contribution is 6.05. The predicted octanol–water partition coefficient (Wildman–Crippen LogP) is 3.78. The van der Waals surface area contributed by atoms with Crippen LogP contribution in [-0.2, 0) is 0 Å². The zero-order chi connectivity index (χ0) is 16.5. The molecule has 0 radical (unpaired) electrons. The van der Waals surface area contributed by atoms with Crippen LogP contribution in [0.2, 0.25) is 0 Å². The van der Waals surface area contributed by atoms with Gasteiger partial charge in [0.05, 0.1) is 17.4 Å². The maximum atomic E-state index is 12.4. The van der Waals surface area contributed by atoms with Crippen LogP contribution >= 0.6 is 0 Å². The average Bonchev–Trinajstić information content (AvgIpc) is 3.23. The second kappa shape index (κ2) is 5.66. The quantitative estimate of drug-likeness (QED) is 0.602. The maximum Gasteiger partial charge on any atom is 0.255 e. The Hall–Kier alpha value is -3.41. The topological polar surface area (TPSA) is 83.8 Å². The molecule has 0 fully saturated rings. The fourth-order valence-electron chi connectivity index (χ4n) is 2.50. The molecule has 0 unspecified atom stereocenters. The van der Waals surface area contributed by atoms with Crippen LogP contribution in [0.3, 0.4) is 0 Å². The summed E-state index contributed by atoms with van der Waals surface area (Å²) >= 11 is 0. The minimum atomic E-state index is -0.170. The number of nitrogens with one attached hydrogen (secondary N) is 2. The molecule has 2 N–H and O–H groups in total. The smallest absolute Gasteiger partial charge is 0.255 e. The van der Waals surface area contributed by atoms with Gasteiger partial charge < -0.3 is 14.7 Å². The lowest BCUT2D eigenvalue weighted by atomic mass is 10.1. The summed E-state index contributed by atoms with van der Waals surface area (Å²) in [4.78, 5) is 23.8. The maximum absolute atomic E-state index is 12.4. The number of hydrogen-bond acceptors (Lipinski definition) is 4. The van der Waals surface area contributed by atoms with E-state index in [9.17, 15) is 4.79 Å². The fraction of sp³-hybridized carbons (Fsp3) is 0.0556. The van der Waals surface area contributed by atoms with Crippen LogP contribution in [0.15, 0.2) is 59.5 Å². The number of imidazole rings is 1. The van der Waals surface area contributed by atoms with Gasteiger partial charge in [-0.3, -0.25) is 4.79 Å². The number of amides is 1. The summed E-state index contributed by atoms with van der Waals surface area (Å²) in [6.45, 7) is 1.80. The largest absolute Gasteiger partial charge is 0.449 e. The van der Waals surface area contributed by atoms with E-state index >= 15 is 0 Å². The first kappa shape index (κ1) is 14.2. The highest BCUT2D eigenvalue weighted by atomic mass is 16.3. The van der Waals surface area contributed by atoms with Gasteiger partial charge in [0.25, 0.3) is 5.91 Å². The number of oxazole rings is 1. The van der Waals surface area contributed by atoms with Gasteiger partial charge in [0, 0.05) is 23.7 Å². The van der Waals surface area contributed by atoms with Gasteiger partial charge in [-0.1, -0.05) is 12.1 Å². The van der Waals surface area contributed by atoms with E-state index in [0.29, 0.717) is 17.1 Å². The van der Waals surface area contributed by atoms with Crippen molar-refractivity contribution in [2.45, 2.75) is 6.92 Å². The first-order valence-corrected chi connectivity index (χ1v) is 7.46. The number of aromatic amines is 1. The van der Waals surface area contributed by atoms with Crippen molar-refractivity contribution in [3.8, 4) is 11.3 Å². The Labute approximate surface area is 137 Å². The molecule has 2 aromatic heterocycles. The molecule has 118 valence electrons. The molecule has 0 bridgehead atoms. The van der Waals surface area contributed by atoms with Gasteiger partial charge >= 0.3 is 0 Å². The number of rotatable bonds is 3. The van der Waals surface area contributed by atoms with Gasteiger partial charge in [0.2, 0.25) is 0 Å². The molecule has 4 aromatic rings. The first-order valence-electron chi connectivity index (χ1n) is 7.46. The highest BCUT2D eigenvalue weighted by Gasteiger charge is 2.09. The third kappa shape index (κ3) is 2.65. The van der Waals surface area contributed by atoms with E-state index in [-0.39, 0.29) is 5.91 Å². The minimum absolute atomic E-state index is 0.170. The van der Waals surface area contributed by atoms with Gasteiger partial charge in [0.15, 0.2) is 5.89 Å². The van der Waals surface area contributed by atoms with E-state index in [4.69, 9.17) is 4.42 Å². The molecule has 6 nitrogen and oxygen atoms in total. The van der Waals surface area contributed by atoms with Gasteiger partial charge in [-0.15, -0.1) is 0 Å². The summed E-state index contributed by atoms with van der Waals surface area (Å²) in [5, 5.41) is 2.88. The Morgan fingerprint density at radius 3 is 2.75 bits per heavy atom. The van der Waals surface area contributed by atoms with Crippen molar-refractivity contribution in [3.63, 3.8) is 0 Å². The summed E-state index contributed by atoms with van der Waals surface area (Å²) in [7, 11) is 0. The van der Waals surface area contributed by atoms with E-state index in [1.807, 2.05) is 30.3 Å². The summed E-state index contributed by atoms with van der Waals surface area (Å²) in [6, 6.07) is 12.8. The lowest BCUT2D eigenvalue weighted by molar-refractivity contribution is 0.102. The number of anilines is 1. The molecule has 1 amide bonds. The minimum Gasteiger partial charge on any atom is -0.449 e. The number of aryl methyl sites for hydroxylation is 1. The molecular weight excluding hydrogens is 304 g/mol. The van der Waals surface area contributed by atoms with Crippen LogP contribution in [0, 0.1) is 6.92 Å². The van der Waals surface area contributed by atoms with E-state index in [0.717, 1.165) is 22.3 Å². The summed E-state index contributed by atoms with van der Waals surface area (Å²) < 4.78 is 5.21. The van der Waals surface area contributed by atoms with Crippen LogP contribution < -0.4 is 5.32 Å². The molecule has 0 aliphatic heterocycles. The Balaban J connectivity index is 1.53. The van der Waals surface area contributed by atoms with E-state index < -0.39 is 0 Å². The molecule has 0 aliphatic carbocycles. The second-order valence-electron chi connectivity index (χ2n) is 5.42. The van der Waals surface area contributed by atoms with Gasteiger partial charge in [-0.05, 0) is 30.3 Å². The van der Waals surface area contributed by atoms with Crippen molar-refractivity contribution < 1.29 is 9.21 Å². The zero-order valence-corrected chi connectivity index (χ0v) is 12.9. The monoisotopic (exact) mass is 318 g/mol. The average molecular weight is 318 g/mol. The number of carbonyl (C=O) groups is 1. The molecule has 0 saturated carbocycles. The lowest BCUT2D eigenvalue weighted by Gasteiger charge is -2.06. The van der Waals surface area contributed by atoms with Crippen LogP contribution in [0.1, 0.15) is 16.2 Å². The van der Waals surface area contributed by atoms with Crippen molar-refractivity contribution >= 4 is 22.6 Å². The van der Waals surface area contributed by atoms with Crippen LogP contribution in [0.4, 0.5) is 5.69 Å². The van der Waals surface area contributed by atoms with Crippen LogP contribution in [-0.4, -0.2) is 20.9 Å². The van der Waals surface area contributed by atoms with Gasteiger partial charge in [-0.25, -0.2) is 9.97 Å². The number of carbonyl (C=O) groups excluding carboxylic acids is 1. The van der Waals surface area contributed by atoms with Crippen molar-refractivity contribution in [2.75, 3.05) is 5.32 Å². The summed E-state index contributed by atoms with van der Waals surface area (Å²) in [5.41, 5.74) is 4.66. The molecule has 0 atom stereocenters. The number of fused-ring (bicyclic) bond motifs is 1. The van der Waals surface area contributed by atoms with Crippen LogP contribution in [0.5, 0.6) is 0 Å². The molecular formula is C18H14N4O2. The van der Waals surface area contributed by atoms with Crippen molar-refractivity contribution in [1.29, 1.82) is 0 Å². The van der Waals surface area contributed by atoms with Crippen molar-refractivity contribution in [2.24, 2.45) is 0 Å². The van der Waals surface area contributed by atoms with Gasteiger partial charge in [0.1, 0.15) is 12.0 Å². The third-order valence-electron chi connectivity index (χ3n) is 3.74. The molecule has 4 rings (SSSR count). The molecule has 2 heterocycles. The van der Waals surface area contributed by atoms with Crippen molar-refractivity contribution in [3.05, 3.63) is 66.5 Å². The predicted molar refractivity (Wildman–Crippen MR) is 90.7 cm³/mol. The molecule has 6 heteroatoms. The number of H-pyrrole nitrogens is 1. The zero-order valence-electron chi connectivity index (χ0n) is 12.9. The summed E-state index contributed by atoms with van der Waals surface area (Å²) in [5.74, 6) is 0.452. The first-order chi connectivity index (χ1) is 11.7. The lowest BCUT2D eigenvalue weighted by Crippen LogP contribution is -2.11. The standard InChI is InChI=1S/C18H14N4O2/c1-11-21-17(9-24-11)12-2-5-14(6-3-12)22-18(23)13-4-7-15-16(8-13)20-10-19-15/h2-10H,1H3,(H,19,20)(H,22,23). The van der Waals surface area contributed by atoms with Crippen molar-refractivity contribution in [1.82, 2.24) is 15.0 Å². The summed E-state index contributed by atoms with van der Waals surface area (Å²) in [6.07, 6.45) is 3.22. The molecule has 0 saturated heterocycles. The van der Waals surface area contributed by atoms with E-state index in [1.54, 1.807) is 31.6 Å². The Bertz CT molecular complexity index is 1010. The molecule has 0 spiro atoms. The second-order valence-corrected chi connectivity index (χ2v) is 5.42. The third-order valence-corrected chi connectivity index (χ3v) is 3.74. The van der Waals surface area contributed by atoms with E-state index in [2.05, 4.69) is 20.3 Å². The molecule has 24 heavy (non-hydrogen) atoms. The normalized spacial score (nSPS) is 10.9. The molecule has 0 aliphatic rings. The number of benzene rings is 2. The Morgan fingerprint density at radius 2 is 2.00 bits per heavy atom. The number of hydrogen-bond donors (Lipinski definition) is 2. The SMILES string of the molecule is Cc1nc(-c2ccc(NC(=O)c3ccc4nc[nH]c4c3)cc2)co1. The Morgan fingerprint density at radius 1 is 1.17 bits per heavy atom. The van der Waals surface area contributed by atoms with Gasteiger partial charge in [-0.2, -0.15) is 0 Å². The van der Waals surface area contributed by atoms with E-state index in [1.165, 1.54) is 0 Å². The Kier molecular flexibility index (Phi) is 3.35. The number of nitrogens with zero attached hydrogens (tertiary/aromatic N) is 2. The number of aromatic nitrogens is 3.